The summed E-state index contributed by atoms with van der Waals surface area (Å²) in [5, 5.41) is 3.16. The molecule has 0 aliphatic heterocycles. The van der Waals surface area contributed by atoms with Gasteiger partial charge in [-0.15, -0.1) is 0 Å². The molecule has 1 N–H and O–H groups in total. The van der Waals surface area contributed by atoms with Crippen LogP contribution in [0.4, 0.5) is 18.3 Å². The van der Waals surface area contributed by atoms with Gasteiger partial charge in [-0.1, -0.05) is 13.8 Å². The van der Waals surface area contributed by atoms with Gasteiger partial charge in [0.25, 0.3) is 0 Å². The molecule has 0 radical (unpaired) electrons. The summed E-state index contributed by atoms with van der Waals surface area (Å²) in [6, 6.07) is 0.103. The summed E-state index contributed by atoms with van der Waals surface area (Å²) in [5.41, 5.74) is 0. The summed E-state index contributed by atoms with van der Waals surface area (Å²) in [5.74, 6) is -0.486. The maximum absolute atomic E-state index is 12.2. The minimum atomic E-state index is -4.46. The van der Waals surface area contributed by atoms with E-state index in [4.69, 9.17) is 0 Å². The number of rotatable bonds is 5. The van der Waals surface area contributed by atoms with Crippen LogP contribution in [0.5, 0.6) is 0 Å². The fraction of sp³-hybridized carbons (Fsp3) is 0.800. The van der Waals surface area contributed by atoms with Crippen molar-refractivity contribution < 1.29 is 13.2 Å². The van der Waals surface area contributed by atoms with E-state index in [1.54, 1.807) is 0 Å². The fourth-order valence-corrected chi connectivity index (χ4v) is 1.96. The molecule has 17 heavy (non-hydrogen) atoms. The van der Waals surface area contributed by atoms with Crippen LogP contribution in [0.25, 0.3) is 0 Å². The summed E-state index contributed by atoms with van der Waals surface area (Å²) in [7, 11) is 0. The third-order valence-electron chi connectivity index (χ3n) is 2.23. The fourth-order valence-electron chi connectivity index (χ4n) is 1.26. The molecular formula is C10H16F3N3S. The van der Waals surface area contributed by atoms with E-state index in [-0.39, 0.29) is 11.2 Å². The van der Waals surface area contributed by atoms with Crippen LogP contribution in [0.15, 0.2) is 0 Å². The number of nitrogens with zero attached hydrogens (tertiary/aromatic N) is 2. The first-order chi connectivity index (χ1) is 7.79. The van der Waals surface area contributed by atoms with E-state index in [1.165, 1.54) is 0 Å². The minimum absolute atomic E-state index is 0.103. The van der Waals surface area contributed by atoms with Crippen LogP contribution < -0.4 is 5.32 Å². The first kappa shape index (κ1) is 14.2. The monoisotopic (exact) mass is 267 g/mol. The lowest BCUT2D eigenvalue weighted by Gasteiger charge is -2.13. The molecule has 0 bridgehead atoms. The summed E-state index contributed by atoms with van der Waals surface area (Å²) >= 11 is 0.747. The number of hydrogen-bond donors (Lipinski definition) is 1. The lowest BCUT2D eigenvalue weighted by Crippen LogP contribution is -2.16. The van der Waals surface area contributed by atoms with Crippen LogP contribution in [0.2, 0.25) is 0 Å². The normalized spacial score (nSPS) is 14.1. The maximum Gasteiger partial charge on any atom is 0.452 e. The number of alkyl halides is 3. The molecular weight excluding hydrogens is 251 g/mol. The molecule has 1 heterocycles. The third-order valence-corrected chi connectivity index (χ3v) is 2.87. The number of halogens is 3. The van der Waals surface area contributed by atoms with Crippen LogP contribution in [0, 0.1) is 5.92 Å². The molecule has 98 valence electrons. The largest absolute Gasteiger partial charge is 0.452 e. The molecule has 1 rings (SSSR count). The van der Waals surface area contributed by atoms with Gasteiger partial charge in [-0.2, -0.15) is 22.5 Å². The molecule has 0 spiro atoms. The summed E-state index contributed by atoms with van der Waals surface area (Å²) in [6.45, 7) is 6.15. The molecule has 0 fully saturated rings. The average Bonchev–Trinajstić information content (AvgIpc) is 2.62. The van der Waals surface area contributed by atoms with Crippen molar-refractivity contribution in [3.8, 4) is 0 Å². The third kappa shape index (κ3) is 4.89. The smallest absolute Gasteiger partial charge is 0.358 e. The van der Waals surface area contributed by atoms with Crippen molar-refractivity contribution in [2.75, 3.05) is 5.32 Å². The van der Waals surface area contributed by atoms with E-state index >= 15 is 0 Å². The average molecular weight is 267 g/mol. The predicted molar refractivity (Wildman–Crippen MR) is 62.1 cm³/mol. The van der Waals surface area contributed by atoms with E-state index in [0.717, 1.165) is 24.4 Å². The van der Waals surface area contributed by atoms with Gasteiger partial charge in [0.05, 0.1) is 0 Å². The van der Waals surface area contributed by atoms with Crippen molar-refractivity contribution in [2.45, 2.75) is 45.8 Å². The molecule has 1 aromatic heterocycles. The Labute approximate surface area is 103 Å². The molecule has 0 saturated heterocycles. The molecule has 1 aromatic rings. The summed E-state index contributed by atoms with van der Waals surface area (Å²) in [6.07, 6.45) is -2.53. The van der Waals surface area contributed by atoms with Gasteiger partial charge in [0, 0.05) is 17.6 Å². The van der Waals surface area contributed by atoms with E-state index in [2.05, 4.69) is 28.5 Å². The molecule has 3 nitrogen and oxygen atoms in total. The van der Waals surface area contributed by atoms with Crippen LogP contribution >= 0.6 is 11.5 Å². The Hall–Kier alpha value is -0.850. The Balaban J connectivity index is 2.49. The number of nitrogens with one attached hydrogen (secondary N) is 1. The maximum atomic E-state index is 12.2. The molecule has 1 atom stereocenters. The van der Waals surface area contributed by atoms with Gasteiger partial charge >= 0.3 is 6.18 Å². The molecule has 7 heteroatoms. The molecule has 0 aliphatic carbocycles. The SMILES string of the molecule is CC(C)CCC(C)Nc1nc(C(F)(F)F)ns1. The van der Waals surface area contributed by atoms with Crippen LogP contribution in [-0.4, -0.2) is 15.4 Å². The summed E-state index contributed by atoms with van der Waals surface area (Å²) < 4.78 is 40.0. The Kier molecular flexibility index (Phi) is 4.73. The van der Waals surface area contributed by atoms with Gasteiger partial charge in [0.2, 0.25) is 11.0 Å². The van der Waals surface area contributed by atoms with Gasteiger partial charge in [-0.3, -0.25) is 0 Å². The standard InChI is InChI=1S/C10H16F3N3S/c1-6(2)4-5-7(3)14-9-15-8(16-17-9)10(11,12)13/h6-7H,4-5H2,1-3H3,(H,14,15,16). The first-order valence-electron chi connectivity index (χ1n) is 5.46. The molecule has 0 aliphatic rings. The van der Waals surface area contributed by atoms with Gasteiger partial charge in [-0.25, -0.2) is 0 Å². The van der Waals surface area contributed by atoms with Crippen molar-refractivity contribution >= 4 is 16.7 Å². The highest BCUT2D eigenvalue weighted by atomic mass is 32.1. The van der Waals surface area contributed by atoms with Crippen LogP contribution in [0.1, 0.15) is 39.4 Å². The highest BCUT2D eigenvalue weighted by Crippen LogP contribution is 2.29. The zero-order valence-corrected chi connectivity index (χ0v) is 10.8. The predicted octanol–water partition coefficient (Wildman–Crippen LogP) is 3.79. The lowest BCUT2D eigenvalue weighted by atomic mass is 10.0. The number of anilines is 1. The highest BCUT2D eigenvalue weighted by Gasteiger charge is 2.36. The quantitative estimate of drug-likeness (QED) is 0.882. The second-order valence-electron chi connectivity index (χ2n) is 4.44. The Morgan fingerprint density at radius 2 is 1.88 bits per heavy atom. The topological polar surface area (TPSA) is 37.8 Å². The van der Waals surface area contributed by atoms with Crippen LogP contribution in [-0.2, 0) is 6.18 Å². The molecule has 0 saturated carbocycles. The molecule has 1 unspecified atom stereocenters. The minimum Gasteiger partial charge on any atom is -0.358 e. The first-order valence-corrected chi connectivity index (χ1v) is 6.24. The number of aromatic nitrogens is 2. The zero-order chi connectivity index (χ0) is 13.1. The number of hydrogen-bond acceptors (Lipinski definition) is 4. The Morgan fingerprint density at radius 1 is 1.24 bits per heavy atom. The Bertz CT molecular complexity index is 349. The van der Waals surface area contributed by atoms with Crippen molar-refractivity contribution in [3.05, 3.63) is 5.82 Å². The van der Waals surface area contributed by atoms with E-state index in [0.29, 0.717) is 5.92 Å². The van der Waals surface area contributed by atoms with Gasteiger partial charge < -0.3 is 5.32 Å². The second-order valence-corrected chi connectivity index (χ2v) is 5.19. The van der Waals surface area contributed by atoms with Crippen molar-refractivity contribution in [1.82, 2.24) is 9.36 Å². The van der Waals surface area contributed by atoms with E-state index < -0.39 is 12.0 Å². The molecule has 0 amide bonds. The van der Waals surface area contributed by atoms with Crippen molar-refractivity contribution in [1.29, 1.82) is 0 Å². The summed E-state index contributed by atoms with van der Waals surface area (Å²) in [4.78, 5) is 3.42. The van der Waals surface area contributed by atoms with Crippen molar-refractivity contribution in [3.63, 3.8) is 0 Å². The second kappa shape index (κ2) is 5.66. The van der Waals surface area contributed by atoms with Crippen molar-refractivity contribution in [2.24, 2.45) is 5.92 Å². The van der Waals surface area contributed by atoms with Crippen LogP contribution in [0.3, 0.4) is 0 Å². The Morgan fingerprint density at radius 3 is 2.35 bits per heavy atom. The van der Waals surface area contributed by atoms with Gasteiger partial charge in [0.1, 0.15) is 0 Å². The van der Waals surface area contributed by atoms with E-state index in [9.17, 15) is 13.2 Å². The zero-order valence-electron chi connectivity index (χ0n) is 10.0. The van der Waals surface area contributed by atoms with Gasteiger partial charge in [-0.05, 0) is 25.7 Å². The molecule has 0 aromatic carbocycles. The van der Waals surface area contributed by atoms with Gasteiger partial charge in [0.15, 0.2) is 0 Å². The lowest BCUT2D eigenvalue weighted by molar-refractivity contribution is -0.144. The highest BCUT2D eigenvalue weighted by molar-refractivity contribution is 7.09. The van der Waals surface area contributed by atoms with E-state index in [1.807, 2.05) is 6.92 Å².